The molecule has 3 unspecified atom stereocenters. The lowest BCUT2D eigenvalue weighted by atomic mass is 9.77. The Bertz CT molecular complexity index is 398. The molecule has 1 aliphatic carbocycles. The van der Waals surface area contributed by atoms with Gasteiger partial charge in [-0.3, -0.25) is 0 Å². The van der Waals surface area contributed by atoms with Crippen LogP contribution in [0, 0.1) is 11.8 Å². The van der Waals surface area contributed by atoms with E-state index in [2.05, 4.69) is 38.2 Å². The van der Waals surface area contributed by atoms with E-state index in [0.717, 1.165) is 17.6 Å². The first-order valence-corrected chi connectivity index (χ1v) is 8.01. The Hall–Kier alpha value is -1.02. The van der Waals surface area contributed by atoms with Crippen LogP contribution in [0.1, 0.15) is 58.1 Å². The topological polar surface area (TPSA) is 21.3 Å². The number of rotatable bonds is 5. The van der Waals surface area contributed by atoms with E-state index in [0.29, 0.717) is 12.1 Å². The van der Waals surface area contributed by atoms with Gasteiger partial charge in [0.15, 0.2) is 0 Å². The van der Waals surface area contributed by atoms with Crippen LogP contribution in [0.25, 0.3) is 0 Å². The van der Waals surface area contributed by atoms with Gasteiger partial charge in [-0.15, -0.1) is 0 Å². The van der Waals surface area contributed by atoms with Crippen LogP contribution in [0.2, 0.25) is 0 Å². The molecule has 3 atom stereocenters. The van der Waals surface area contributed by atoms with Crippen LogP contribution in [-0.4, -0.2) is 13.2 Å². The Kier molecular flexibility index (Phi) is 5.47. The van der Waals surface area contributed by atoms with Crippen molar-refractivity contribution in [2.45, 2.75) is 58.5 Å². The molecule has 2 nitrogen and oxygen atoms in total. The van der Waals surface area contributed by atoms with Gasteiger partial charge < -0.3 is 10.1 Å². The second kappa shape index (κ2) is 7.12. The summed E-state index contributed by atoms with van der Waals surface area (Å²) >= 11 is 0. The maximum absolute atomic E-state index is 5.23. The van der Waals surface area contributed by atoms with Gasteiger partial charge in [-0.1, -0.05) is 38.8 Å². The number of ether oxygens (including phenoxy) is 1. The molecule has 2 rings (SSSR count). The molecule has 0 bridgehead atoms. The second-order valence-corrected chi connectivity index (χ2v) is 6.46. The van der Waals surface area contributed by atoms with Gasteiger partial charge in [0, 0.05) is 12.1 Å². The molecule has 1 aromatic rings. The van der Waals surface area contributed by atoms with E-state index in [1.165, 1.54) is 31.2 Å². The minimum absolute atomic E-state index is 0.408. The predicted molar refractivity (Wildman–Crippen MR) is 85.1 cm³/mol. The molecule has 112 valence electrons. The van der Waals surface area contributed by atoms with Crippen LogP contribution in [0.5, 0.6) is 5.75 Å². The third kappa shape index (κ3) is 3.76. The molecule has 0 spiro atoms. The van der Waals surface area contributed by atoms with Crippen molar-refractivity contribution >= 4 is 0 Å². The number of nitrogens with one attached hydrogen (secondary N) is 1. The first kappa shape index (κ1) is 15.4. The zero-order valence-electron chi connectivity index (χ0n) is 13.4. The highest BCUT2D eigenvalue weighted by Crippen LogP contribution is 2.31. The van der Waals surface area contributed by atoms with Crippen LogP contribution in [0.3, 0.4) is 0 Å². The van der Waals surface area contributed by atoms with Gasteiger partial charge in [0.25, 0.3) is 0 Å². The molecule has 1 saturated carbocycles. The van der Waals surface area contributed by atoms with Crippen molar-refractivity contribution in [2.24, 2.45) is 11.8 Å². The fourth-order valence-electron chi connectivity index (χ4n) is 3.47. The quantitative estimate of drug-likeness (QED) is 0.850. The van der Waals surface area contributed by atoms with Gasteiger partial charge in [-0.05, 0) is 49.3 Å². The van der Waals surface area contributed by atoms with E-state index in [-0.39, 0.29) is 0 Å². The molecule has 0 heterocycles. The number of hydrogen-bond acceptors (Lipinski definition) is 2. The zero-order chi connectivity index (χ0) is 14.5. The fraction of sp³-hybridized carbons (Fsp3) is 0.667. The van der Waals surface area contributed by atoms with Crippen LogP contribution in [0.4, 0.5) is 0 Å². The highest BCUT2D eigenvalue weighted by atomic mass is 16.5. The second-order valence-electron chi connectivity index (χ2n) is 6.46. The summed E-state index contributed by atoms with van der Waals surface area (Å²) in [5.74, 6) is 2.53. The summed E-state index contributed by atoms with van der Waals surface area (Å²) < 4.78 is 5.23. The normalized spacial score (nSPS) is 24.6. The standard InChI is InChI=1S/C18H29NO/c1-13(2)17-7-5-6-8-18(17)19-14(3)15-9-11-16(20-4)12-10-15/h9-14,17-19H,5-8H2,1-4H3. The molecule has 1 aromatic carbocycles. The summed E-state index contributed by atoms with van der Waals surface area (Å²) in [6.45, 7) is 7.00. The molecule has 2 heteroatoms. The molecule has 1 fully saturated rings. The van der Waals surface area contributed by atoms with Gasteiger partial charge in [-0.25, -0.2) is 0 Å². The fourth-order valence-corrected chi connectivity index (χ4v) is 3.47. The summed E-state index contributed by atoms with van der Waals surface area (Å²) in [6, 6.07) is 9.52. The van der Waals surface area contributed by atoms with Gasteiger partial charge in [0.2, 0.25) is 0 Å². The summed E-state index contributed by atoms with van der Waals surface area (Å²) in [5, 5.41) is 3.86. The summed E-state index contributed by atoms with van der Waals surface area (Å²) in [5.41, 5.74) is 1.35. The van der Waals surface area contributed by atoms with Gasteiger partial charge >= 0.3 is 0 Å². The largest absolute Gasteiger partial charge is 0.497 e. The Morgan fingerprint density at radius 1 is 1.05 bits per heavy atom. The van der Waals surface area contributed by atoms with Crippen molar-refractivity contribution in [3.05, 3.63) is 29.8 Å². The van der Waals surface area contributed by atoms with Crippen molar-refractivity contribution in [3.63, 3.8) is 0 Å². The molecule has 0 aromatic heterocycles. The molecule has 0 saturated heterocycles. The third-order valence-corrected chi connectivity index (χ3v) is 4.76. The Morgan fingerprint density at radius 3 is 2.30 bits per heavy atom. The Labute approximate surface area is 123 Å². The van der Waals surface area contributed by atoms with Crippen molar-refractivity contribution in [1.29, 1.82) is 0 Å². The van der Waals surface area contributed by atoms with Gasteiger partial charge in [0.05, 0.1) is 7.11 Å². The maximum Gasteiger partial charge on any atom is 0.118 e. The minimum Gasteiger partial charge on any atom is -0.497 e. The Morgan fingerprint density at radius 2 is 1.70 bits per heavy atom. The molecule has 20 heavy (non-hydrogen) atoms. The zero-order valence-corrected chi connectivity index (χ0v) is 13.4. The molecular weight excluding hydrogens is 246 g/mol. The smallest absolute Gasteiger partial charge is 0.118 e. The lowest BCUT2D eigenvalue weighted by Crippen LogP contribution is -2.42. The minimum atomic E-state index is 0.408. The lowest BCUT2D eigenvalue weighted by Gasteiger charge is -2.37. The van der Waals surface area contributed by atoms with E-state index >= 15 is 0 Å². The highest BCUT2D eigenvalue weighted by molar-refractivity contribution is 5.28. The van der Waals surface area contributed by atoms with E-state index in [9.17, 15) is 0 Å². The lowest BCUT2D eigenvalue weighted by molar-refractivity contribution is 0.195. The average Bonchev–Trinajstić information content (AvgIpc) is 2.47. The van der Waals surface area contributed by atoms with E-state index in [4.69, 9.17) is 4.74 Å². The predicted octanol–water partition coefficient (Wildman–Crippen LogP) is 4.56. The van der Waals surface area contributed by atoms with Crippen LogP contribution in [0.15, 0.2) is 24.3 Å². The Balaban J connectivity index is 1.99. The molecule has 1 aliphatic rings. The monoisotopic (exact) mass is 275 g/mol. The van der Waals surface area contributed by atoms with Crippen molar-refractivity contribution in [1.82, 2.24) is 5.32 Å². The molecule has 0 radical (unpaired) electrons. The summed E-state index contributed by atoms with van der Waals surface area (Å²) in [4.78, 5) is 0. The third-order valence-electron chi connectivity index (χ3n) is 4.76. The molecule has 0 amide bonds. The van der Waals surface area contributed by atoms with Crippen LogP contribution < -0.4 is 10.1 Å². The molecular formula is C18H29NO. The number of benzene rings is 1. The van der Waals surface area contributed by atoms with Crippen molar-refractivity contribution in [2.75, 3.05) is 7.11 Å². The van der Waals surface area contributed by atoms with E-state index in [1.807, 2.05) is 12.1 Å². The highest BCUT2D eigenvalue weighted by Gasteiger charge is 2.28. The summed E-state index contributed by atoms with van der Waals surface area (Å²) in [7, 11) is 1.71. The first-order valence-electron chi connectivity index (χ1n) is 8.01. The van der Waals surface area contributed by atoms with Crippen molar-refractivity contribution < 1.29 is 4.74 Å². The molecule has 0 aliphatic heterocycles. The van der Waals surface area contributed by atoms with Crippen LogP contribution >= 0.6 is 0 Å². The summed E-state index contributed by atoms with van der Waals surface area (Å²) in [6.07, 6.45) is 5.47. The van der Waals surface area contributed by atoms with Gasteiger partial charge in [0.1, 0.15) is 5.75 Å². The van der Waals surface area contributed by atoms with E-state index in [1.54, 1.807) is 7.11 Å². The van der Waals surface area contributed by atoms with Crippen molar-refractivity contribution in [3.8, 4) is 5.75 Å². The average molecular weight is 275 g/mol. The SMILES string of the molecule is COc1ccc(C(C)NC2CCCCC2C(C)C)cc1. The van der Waals surface area contributed by atoms with Gasteiger partial charge in [-0.2, -0.15) is 0 Å². The number of hydrogen-bond donors (Lipinski definition) is 1. The van der Waals surface area contributed by atoms with Crippen LogP contribution in [-0.2, 0) is 0 Å². The van der Waals surface area contributed by atoms with E-state index < -0.39 is 0 Å². The maximum atomic E-state index is 5.23. The first-order chi connectivity index (χ1) is 9.61. The number of methoxy groups -OCH3 is 1. The molecule has 1 N–H and O–H groups in total.